The van der Waals surface area contributed by atoms with Crippen molar-refractivity contribution in [2.24, 2.45) is 0 Å². The molecule has 0 spiro atoms. The Bertz CT molecular complexity index is 706. The fourth-order valence-electron chi connectivity index (χ4n) is 3.80. The van der Waals surface area contributed by atoms with Gasteiger partial charge < -0.3 is 25.7 Å². The average Bonchev–Trinajstić information content (AvgIpc) is 2.57. The molecular weight excluding hydrogens is 324 g/mol. The summed E-state index contributed by atoms with van der Waals surface area (Å²) in [5.74, 6) is 1.01. The predicted molar refractivity (Wildman–Crippen MR) is 107 cm³/mol. The second kappa shape index (κ2) is 7.31. The Labute approximate surface area is 156 Å². The molecule has 2 aliphatic heterocycles. The van der Waals surface area contributed by atoms with Crippen LogP contribution >= 0.6 is 0 Å². The van der Waals surface area contributed by atoms with E-state index in [2.05, 4.69) is 41.6 Å². The van der Waals surface area contributed by atoms with E-state index in [0.29, 0.717) is 18.2 Å². The van der Waals surface area contributed by atoms with Crippen molar-refractivity contribution in [3.05, 3.63) is 29.5 Å². The lowest BCUT2D eigenvalue weighted by Gasteiger charge is -2.37. The van der Waals surface area contributed by atoms with E-state index in [0.717, 1.165) is 55.7 Å². The molecule has 1 atom stereocenters. The van der Waals surface area contributed by atoms with Crippen LogP contribution in [0.1, 0.15) is 43.7 Å². The first-order valence-corrected chi connectivity index (χ1v) is 9.90. The molecule has 0 radical (unpaired) electrons. The molecule has 4 rings (SSSR count). The average molecular weight is 354 g/mol. The summed E-state index contributed by atoms with van der Waals surface area (Å²) in [6.45, 7) is 4.25. The Morgan fingerprint density at radius 1 is 1.31 bits per heavy atom. The number of ether oxygens (including phenoxy) is 1. The van der Waals surface area contributed by atoms with E-state index in [1.807, 2.05) is 6.20 Å². The lowest BCUT2D eigenvalue weighted by atomic mass is 9.91. The van der Waals surface area contributed by atoms with Gasteiger partial charge in [-0.2, -0.15) is 0 Å². The topological polar surface area (TPSA) is 60.4 Å². The van der Waals surface area contributed by atoms with Crippen LogP contribution in [0.4, 0.5) is 5.69 Å². The molecule has 0 amide bonds. The van der Waals surface area contributed by atoms with Crippen molar-refractivity contribution in [2.45, 2.75) is 57.2 Å². The smallest absolute Gasteiger partial charge is 0.132 e. The maximum absolute atomic E-state index is 7.95. The molecule has 1 aromatic rings. The van der Waals surface area contributed by atoms with Crippen LogP contribution in [0, 0.1) is 5.41 Å². The van der Waals surface area contributed by atoms with E-state index in [4.69, 9.17) is 10.1 Å². The van der Waals surface area contributed by atoms with Crippen LogP contribution in [0.25, 0.3) is 5.57 Å². The van der Waals surface area contributed by atoms with Gasteiger partial charge in [0.25, 0.3) is 0 Å². The molecule has 5 heteroatoms. The predicted octanol–water partition coefficient (Wildman–Crippen LogP) is 2.94. The molecule has 3 aliphatic rings. The summed E-state index contributed by atoms with van der Waals surface area (Å²) in [5.41, 5.74) is 4.54. The maximum Gasteiger partial charge on any atom is 0.132 e. The summed E-state index contributed by atoms with van der Waals surface area (Å²) in [7, 11) is 2.17. The first-order valence-electron chi connectivity index (χ1n) is 9.90. The highest BCUT2D eigenvalue weighted by molar-refractivity contribution is 6.09. The monoisotopic (exact) mass is 354 g/mol. The molecule has 3 N–H and O–H groups in total. The Kier molecular flexibility index (Phi) is 4.90. The van der Waals surface area contributed by atoms with Gasteiger partial charge in [-0.15, -0.1) is 0 Å². The number of hydrogen-bond donors (Lipinski definition) is 3. The van der Waals surface area contributed by atoms with Gasteiger partial charge in [-0.25, -0.2) is 0 Å². The van der Waals surface area contributed by atoms with E-state index in [9.17, 15) is 0 Å². The first kappa shape index (κ1) is 17.4. The first-order chi connectivity index (χ1) is 12.7. The van der Waals surface area contributed by atoms with Gasteiger partial charge in [-0.05, 0) is 51.2 Å². The molecule has 2 heterocycles. The van der Waals surface area contributed by atoms with Crippen molar-refractivity contribution in [1.82, 2.24) is 10.6 Å². The number of anilines is 1. The van der Waals surface area contributed by atoms with Crippen LogP contribution < -0.4 is 20.3 Å². The molecule has 1 saturated heterocycles. The molecule has 1 saturated carbocycles. The summed E-state index contributed by atoms with van der Waals surface area (Å²) >= 11 is 0. The van der Waals surface area contributed by atoms with Crippen molar-refractivity contribution in [2.75, 3.05) is 25.0 Å². The van der Waals surface area contributed by atoms with Gasteiger partial charge in [-0.3, -0.25) is 0 Å². The summed E-state index contributed by atoms with van der Waals surface area (Å²) in [4.78, 5) is 2.36. The standard InChI is InChI=1S/C21H30N4O/c1-14-6-7-19-20(25(14)2)9-8-18(21(19)26-17-4-3-5-17)15(10-22)11-24-16-12-23-13-16/h8-11,14,16-17,22-24H,3-7,12-13H2,1-2H3/b15-11+,22-10?. The van der Waals surface area contributed by atoms with Crippen LogP contribution in [-0.2, 0) is 6.42 Å². The molecule has 1 unspecified atom stereocenters. The fourth-order valence-corrected chi connectivity index (χ4v) is 3.80. The Morgan fingerprint density at radius 2 is 2.12 bits per heavy atom. The highest BCUT2D eigenvalue weighted by atomic mass is 16.5. The lowest BCUT2D eigenvalue weighted by molar-refractivity contribution is 0.118. The normalized spacial score (nSPS) is 23.7. The van der Waals surface area contributed by atoms with Crippen LogP contribution in [0.2, 0.25) is 0 Å². The molecule has 0 bridgehead atoms. The maximum atomic E-state index is 7.95. The highest BCUT2D eigenvalue weighted by Gasteiger charge is 2.28. The van der Waals surface area contributed by atoms with Gasteiger partial charge in [0.2, 0.25) is 0 Å². The van der Waals surface area contributed by atoms with Crippen molar-refractivity contribution in [3.63, 3.8) is 0 Å². The van der Waals surface area contributed by atoms with E-state index in [1.165, 1.54) is 23.9 Å². The summed E-state index contributed by atoms with van der Waals surface area (Å²) < 4.78 is 6.48. The molecule has 26 heavy (non-hydrogen) atoms. The van der Waals surface area contributed by atoms with Gasteiger partial charge in [0, 0.05) is 61.0 Å². The van der Waals surface area contributed by atoms with Gasteiger partial charge in [0.15, 0.2) is 0 Å². The Balaban J connectivity index is 1.71. The zero-order chi connectivity index (χ0) is 18.1. The van der Waals surface area contributed by atoms with Crippen LogP contribution in [0.15, 0.2) is 18.3 Å². The minimum atomic E-state index is 0.334. The number of rotatable bonds is 6. The number of hydrogen-bond acceptors (Lipinski definition) is 5. The number of fused-ring (bicyclic) bond motifs is 1. The molecule has 2 fully saturated rings. The SMILES string of the molecule is CC1CCc2c(ccc(/C(C=N)=C/NC3CNC3)c2OC2CCC2)N1C. The van der Waals surface area contributed by atoms with Crippen molar-refractivity contribution >= 4 is 17.5 Å². The summed E-state index contributed by atoms with van der Waals surface area (Å²) in [5, 5.41) is 14.6. The van der Waals surface area contributed by atoms with Gasteiger partial charge >= 0.3 is 0 Å². The van der Waals surface area contributed by atoms with E-state index >= 15 is 0 Å². The second-order valence-electron chi connectivity index (χ2n) is 7.88. The van der Waals surface area contributed by atoms with Crippen molar-refractivity contribution in [1.29, 1.82) is 5.41 Å². The largest absolute Gasteiger partial charge is 0.489 e. The third kappa shape index (κ3) is 3.20. The van der Waals surface area contributed by atoms with Crippen molar-refractivity contribution < 1.29 is 4.74 Å². The summed E-state index contributed by atoms with van der Waals surface area (Å²) in [6, 6.07) is 5.36. The minimum absolute atomic E-state index is 0.334. The minimum Gasteiger partial charge on any atom is -0.489 e. The number of nitrogens with zero attached hydrogens (tertiary/aromatic N) is 1. The zero-order valence-corrected chi connectivity index (χ0v) is 15.8. The molecule has 140 valence electrons. The van der Waals surface area contributed by atoms with Crippen LogP contribution in [-0.4, -0.2) is 44.5 Å². The third-order valence-electron chi connectivity index (χ3n) is 6.15. The van der Waals surface area contributed by atoms with E-state index in [-0.39, 0.29) is 0 Å². The zero-order valence-electron chi connectivity index (χ0n) is 15.8. The van der Waals surface area contributed by atoms with E-state index < -0.39 is 0 Å². The molecular formula is C21H30N4O. The number of allylic oxidation sites excluding steroid dienone is 1. The highest BCUT2D eigenvalue weighted by Crippen LogP contribution is 2.42. The van der Waals surface area contributed by atoms with Gasteiger partial charge in [0.05, 0.1) is 12.1 Å². The van der Waals surface area contributed by atoms with Crippen LogP contribution in [0.3, 0.4) is 0 Å². The lowest BCUT2D eigenvalue weighted by Crippen LogP contribution is -2.53. The Hall–Kier alpha value is -2.01. The molecule has 0 aromatic heterocycles. The molecule has 1 aliphatic carbocycles. The number of nitrogens with one attached hydrogen (secondary N) is 3. The van der Waals surface area contributed by atoms with Crippen LogP contribution in [0.5, 0.6) is 5.75 Å². The van der Waals surface area contributed by atoms with E-state index in [1.54, 1.807) is 0 Å². The fraction of sp³-hybridized carbons (Fsp3) is 0.571. The second-order valence-corrected chi connectivity index (χ2v) is 7.88. The van der Waals surface area contributed by atoms with Gasteiger partial charge in [-0.1, -0.05) is 0 Å². The Morgan fingerprint density at radius 3 is 2.73 bits per heavy atom. The van der Waals surface area contributed by atoms with Crippen molar-refractivity contribution in [3.8, 4) is 5.75 Å². The third-order valence-corrected chi connectivity index (χ3v) is 6.15. The van der Waals surface area contributed by atoms with Gasteiger partial charge in [0.1, 0.15) is 5.75 Å². The summed E-state index contributed by atoms with van der Waals surface area (Å²) in [6.07, 6.45) is 9.50. The quantitative estimate of drug-likeness (QED) is 0.688. The molecule has 5 nitrogen and oxygen atoms in total. The molecule has 1 aromatic carbocycles. The number of benzene rings is 1.